The second kappa shape index (κ2) is 15.7. The molecule has 2 heterocycles. The summed E-state index contributed by atoms with van der Waals surface area (Å²) in [5, 5.41) is 0.904. The molecule has 0 aromatic heterocycles. The minimum Gasteiger partial charge on any atom is -0.493 e. The molecule has 3 aromatic carbocycles. The molecule has 2 saturated heterocycles. The minimum atomic E-state index is -1.11. The molecular weight excluding hydrogens is 673 g/mol. The second-order valence-electron chi connectivity index (χ2n) is 12.3. The molecule has 13 heteroatoms. The topological polar surface area (TPSA) is 130 Å². The summed E-state index contributed by atoms with van der Waals surface area (Å²) >= 11 is 12.8. The smallest absolute Gasteiger partial charge is 0.493 e. The maximum Gasteiger partial charge on any atom is 0.546 e. The number of carbonyl (C=O) groups excluding carboxylic acids is 3. The van der Waals surface area contributed by atoms with Crippen LogP contribution < -0.4 is 19.9 Å². The van der Waals surface area contributed by atoms with Gasteiger partial charge in [-0.3, -0.25) is 14.5 Å². The highest BCUT2D eigenvalue weighted by Gasteiger charge is 2.44. The molecule has 0 bridgehead atoms. The van der Waals surface area contributed by atoms with Gasteiger partial charge in [-0.05, 0) is 87.6 Å². The largest absolute Gasteiger partial charge is 0.546 e. The fourth-order valence-corrected chi connectivity index (χ4v) is 7.21. The lowest BCUT2D eigenvalue weighted by Crippen LogP contribution is -2.50. The fraction of sp³-hybridized carbons (Fsp3) is 0.417. The molecule has 49 heavy (non-hydrogen) atoms. The Balaban J connectivity index is 1.35. The summed E-state index contributed by atoms with van der Waals surface area (Å²) < 4.78 is 16.2. The lowest BCUT2D eigenvalue weighted by molar-refractivity contribution is -0.244. The number of amides is 2. The van der Waals surface area contributed by atoms with E-state index < -0.39 is 17.0 Å². The maximum atomic E-state index is 14.0. The molecule has 0 saturated carbocycles. The van der Waals surface area contributed by atoms with Crippen molar-refractivity contribution in [3.63, 3.8) is 0 Å². The summed E-state index contributed by atoms with van der Waals surface area (Å²) in [6, 6.07) is 18.4. The molecule has 0 radical (unpaired) electrons. The monoisotopic (exact) mass is 713 g/mol. The number of rotatable bonds is 12. The van der Waals surface area contributed by atoms with Gasteiger partial charge in [-0.2, -0.15) is 4.89 Å². The first-order valence-corrected chi connectivity index (χ1v) is 16.9. The third-order valence-corrected chi connectivity index (χ3v) is 10.5. The van der Waals surface area contributed by atoms with E-state index >= 15 is 0 Å². The van der Waals surface area contributed by atoms with Crippen LogP contribution in [-0.2, 0) is 25.4 Å². The predicted octanol–water partition coefficient (Wildman–Crippen LogP) is 6.17. The number of methoxy groups -OCH3 is 2. The predicted molar refractivity (Wildman–Crippen MR) is 185 cm³/mol. The number of ether oxygens (including phenoxy) is 3. The van der Waals surface area contributed by atoms with Gasteiger partial charge in [0.05, 0.1) is 36.3 Å². The number of nitrogens with zero attached hydrogens (tertiary/aromatic N) is 2. The Labute approximate surface area is 296 Å². The zero-order valence-electron chi connectivity index (χ0n) is 27.8. The van der Waals surface area contributed by atoms with Gasteiger partial charge in [-0.1, -0.05) is 59.6 Å². The number of hydrogen-bond acceptors (Lipinski definition) is 9. The van der Waals surface area contributed by atoms with E-state index in [1.807, 2.05) is 42.5 Å². The van der Waals surface area contributed by atoms with Gasteiger partial charge in [0.25, 0.3) is 5.91 Å². The molecule has 262 valence electrons. The van der Waals surface area contributed by atoms with E-state index in [0.29, 0.717) is 61.1 Å². The van der Waals surface area contributed by atoms with Crippen LogP contribution in [0.1, 0.15) is 54.1 Å². The number of benzene rings is 3. The van der Waals surface area contributed by atoms with Crippen molar-refractivity contribution in [1.82, 2.24) is 9.80 Å². The summed E-state index contributed by atoms with van der Waals surface area (Å²) in [5.74, 6) is -0.368. The quantitative estimate of drug-likeness (QED) is 0.101. The van der Waals surface area contributed by atoms with Crippen molar-refractivity contribution in [2.45, 2.75) is 43.4 Å². The first kappa shape index (κ1) is 36.3. The van der Waals surface area contributed by atoms with Crippen molar-refractivity contribution in [3.05, 3.63) is 87.4 Å². The lowest BCUT2D eigenvalue weighted by atomic mass is 9.71. The van der Waals surface area contributed by atoms with Crippen molar-refractivity contribution in [3.8, 4) is 17.2 Å². The number of halogens is 2. The summed E-state index contributed by atoms with van der Waals surface area (Å²) in [4.78, 5) is 52.2. The van der Waals surface area contributed by atoms with Crippen LogP contribution in [0.15, 0.2) is 60.7 Å². The average Bonchev–Trinajstić information content (AvgIpc) is 3.56. The van der Waals surface area contributed by atoms with Crippen LogP contribution in [0.3, 0.4) is 0 Å². The molecule has 0 aliphatic carbocycles. The van der Waals surface area contributed by atoms with Crippen molar-refractivity contribution < 1.29 is 38.4 Å². The molecule has 5 rings (SSSR count). The van der Waals surface area contributed by atoms with Crippen LogP contribution in [0, 0.1) is 0 Å². The third kappa shape index (κ3) is 7.75. The fourth-order valence-electron chi connectivity index (χ4n) is 6.91. The van der Waals surface area contributed by atoms with Gasteiger partial charge >= 0.3 is 6.16 Å². The Morgan fingerprint density at radius 2 is 1.53 bits per heavy atom. The van der Waals surface area contributed by atoms with E-state index in [9.17, 15) is 14.4 Å². The van der Waals surface area contributed by atoms with E-state index in [4.69, 9.17) is 43.1 Å². The van der Waals surface area contributed by atoms with Crippen LogP contribution in [-0.4, -0.2) is 81.3 Å². The van der Waals surface area contributed by atoms with Gasteiger partial charge in [0.15, 0.2) is 11.5 Å². The highest BCUT2D eigenvalue weighted by atomic mass is 35.5. The zero-order valence-corrected chi connectivity index (χ0v) is 29.4. The SMILES string of the molecule is CCOOC(=O)Oc1c(OC)cc(C(=O)N2CCC(CCN3CCC(C(N)=O)(c4ccccc4)CC3)(c3ccc(Cl)c(Cl)c3)C2)cc1OC. The Hall–Kier alpha value is -4.03. The summed E-state index contributed by atoms with van der Waals surface area (Å²) in [6.07, 6.45) is 1.58. The van der Waals surface area contributed by atoms with E-state index in [0.717, 1.165) is 24.1 Å². The molecule has 2 aliphatic rings. The summed E-state index contributed by atoms with van der Waals surface area (Å²) in [7, 11) is 2.78. The molecule has 11 nitrogen and oxygen atoms in total. The zero-order chi connectivity index (χ0) is 35.2. The van der Waals surface area contributed by atoms with Gasteiger partial charge in [0.1, 0.15) is 0 Å². The molecule has 1 atom stereocenters. The first-order valence-electron chi connectivity index (χ1n) is 16.2. The number of piperidine rings is 1. The minimum absolute atomic E-state index is 0.0491. The van der Waals surface area contributed by atoms with Crippen LogP contribution in [0.5, 0.6) is 17.2 Å². The van der Waals surface area contributed by atoms with Crippen LogP contribution in [0.4, 0.5) is 4.79 Å². The van der Waals surface area contributed by atoms with E-state index in [1.165, 1.54) is 26.4 Å². The maximum absolute atomic E-state index is 14.0. The summed E-state index contributed by atoms with van der Waals surface area (Å²) in [5.41, 5.74) is 7.13. The highest BCUT2D eigenvalue weighted by molar-refractivity contribution is 6.42. The van der Waals surface area contributed by atoms with Crippen molar-refractivity contribution in [1.29, 1.82) is 0 Å². The first-order chi connectivity index (χ1) is 23.6. The van der Waals surface area contributed by atoms with Crippen LogP contribution in [0.25, 0.3) is 0 Å². The van der Waals surface area contributed by atoms with E-state index in [-0.39, 0.29) is 35.7 Å². The average molecular weight is 715 g/mol. The number of primary amides is 1. The number of carbonyl (C=O) groups is 3. The van der Waals surface area contributed by atoms with Crippen molar-refractivity contribution in [2.75, 3.05) is 53.6 Å². The van der Waals surface area contributed by atoms with E-state index in [1.54, 1.807) is 17.9 Å². The van der Waals surface area contributed by atoms with Gasteiger partial charge in [-0.25, -0.2) is 4.79 Å². The molecule has 3 aromatic rings. The molecule has 1 unspecified atom stereocenters. The number of likely N-dealkylation sites (tertiary alicyclic amines) is 2. The second-order valence-corrected chi connectivity index (χ2v) is 13.2. The Morgan fingerprint density at radius 1 is 0.857 bits per heavy atom. The third-order valence-electron chi connectivity index (χ3n) is 9.72. The van der Waals surface area contributed by atoms with Crippen molar-refractivity contribution in [2.24, 2.45) is 5.73 Å². The molecule has 2 amide bonds. The van der Waals surface area contributed by atoms with Gasteiger partial charge in [0.2, 0.25) is 11.7 Å². The van der Waals surface area contributed by atoms with E-state index in [2.05, 4.69) is 14.7 Å². The highest BCUT2D eigenvalue weighted by Crippen LogP contribution is 2.43. The van der Waals surface area contributed by atoms with Crippen LogP contribution >= 0.6 is 23.2 Å². The molecular formula is C36H41Cl2N3O8. The van der Waals surface area contributed by atoms with Crippen LogP contribution in [0.2, 0.25) is 10.0 Å². The number of hydrogen-bond donors (Lipinski definition) is 1. The normalized spacial score (nSPS) is 18.9. The molecule has 2 aliphatic heterocycles. The Kier molecular flexibility index (Phi) is 11.6. The standard InChI is InChI=1S/C36H41Cl2N3O8/c1-4-47-49-34(44)48-31-29(45-2)20-24(21-30(31)46-3)32(42)41-19-13-35(23-41,26-10-11-27(37)28(38)22-26)12-16-40-17-14-36(15-18-40,33(39)43)25-8-6-5-7-9-25/h5-11,20-22H,4,12-19,23H2,1-3H3,(H2,39,43). The van der Waals surface area contributed by atoms with Gasteiger partial charge < -0.3 is 29.7 Å². The van der Waals surface area contributed by atoms with Gasteiger partial charge in [-0.15, -0.1) is 0 Å². The summed E-state index contributed by atoms with van der Waals surface area (Å²) in [6.45, 7) is 4.88. The molecule has 2 N–H and O–H groups in total. The Bertz CT molecular complexity index is 1640. The Morgan fingerprint density at radius 3 is 2.12 bits per heavy atom. The molecule has 2 fully saturated rings. The van der Waals surface area contributed by atoms with Gasteiger partial charge in [0, 0.05) is 24.1 Å². The molecule has 0 spiro atoms. The lowest BCUT2D eigenvalue weighted by Gasteiger charge is -2.41. The van der Waals surface area contributed by atoms with Crippen molar-refractivity contribution >= 4 is 41.2 Å². The number of nitrogens with two attached hydrogens (primary N) is 1.